The van der Waals surface area contributed by atoms with Gasteiger partial charge in [0.25, 0.3) is 0 Å². The Balaban J connectivity index is 2.10. The molecule has 1 heterocycles. The molecule has 0 saturated heterocycles. The van der Waals surface area contributed by atoms with E-state index in [-0.39, 0.29) is 33.8 Å². The number of nitrogen functional groups attached to an aromatic ring is 1. The fourth-order valence-electron chi connectivity index (χ4n) is 2.36. The second-order valence-electron chi connectivity index (χ2n) is 5.37. The number of carbonyl (C=O) groups is 1. The highest BCUT2D eigenvalue weighted by Crippen LogP contribution is 2.46. The Morgan fingerprint density at radius 1 is 1.38 bits per heavy atom. The van der Waals surface area contributed by atoms with Crippen molar-refractivity contribution in [2.45, 2.75) is 18.8 Å². The van der Waals surface area contributed by atoms with Crippen LogP contribution in [0, 0.1) is 5.82 Å². The van der Waals surface area contributed by atoms with E-state index in [1.807, 2.05) is 0 Å². The van der Waals surface area contributed by atoms with Crippen LogP contribution in [0.25, 0.3) is 11.3 Å². The Labute approximate surface area is 147 Å². The molecule has 24 heavy (non-hydrogen) atoms. The van der Waals surface area contributed by atoms with Gasteiger partial charge in [-0.25, -0.2) is 14.2 Å². The van der Waals surface area contributed by atoms with Gasteiger partial charge in [0.15, 0.2) is 0 Å². The van der Waals surface area contributed by atoms with Crippen molar-refractivity contribution in [2.75, 3.05) is 12.8 Å². The zero-order chi connectivity index (χ0) is 17.4. The molecule has 0 aliphatic heterocycles. The molecule has 0 bridgehead atoms. The highest BCUT2D eigenvalue weighted by molar-refractivity contribution is 6.34. The van der Waals surface area contributed by atoms with Crippen LogP contribution in [0.3, 0.4) is 0 Å². The minimum absolute atomic E-state index is 0.0547. The van der Waals surface area contributed by atoms with Gasteiger partial charge in [-0.1, -0.05) is 23.2 Å². The summed E-state index contributed by atoms with van der Waals surface area (Å²) in [6, 6.07) is 4.53. The van der Waals surface area contributed by atoms with Gasteiger partial charge in [-0.15, -0.1) is 0 Å². The molecule has 0 amide bonds. The minimum atomic E-state index is -1.00. The smallest absolute Gasteiger partial charge is 0.437 e. The highest BCUT2D eigenvalue weighted by Gasteiger charge is 2.30. The second-order valence-corrected chi connectivity index (χ2v) is 6.15. The molecule has 5 nitrogen and oxygen atoms in total. The van der Waals surface area contributed by atoms with Gasteiger partial charge in [-0.3, -0.25) is 0 Å². The lowest BCUT2D eigenvalue weighted by Gasteiger charge is -2.12. The molecule has 8 heteroatoms. The summed E-state index contributed by atoms with van der Waals surface area (Å²) >= 11 is 12.1. The van der Waals surface area contributed by atoms with Crippen molar-refractivity contribution in [2.24, 2.45) is 0 Å². The number of pyridine rings is 1. The first kappa shape index (κ1) is 16.8. The van der Waals surface area contributed by atoms with E-state index in [2.05, 4.69) is 9.72 Å². The molecule has 1 aliphatic carbocycles. The molecule has 126 valence electrons. The first-order valence-corrected chi connectivity index (χ1v) is 7.88. The maximum Gasteiger partial charge on any atom is 0.514 e. The number of aromatic nitrogens is 1. The third kappa shape index (κ3) is 3.12. The van der Waals surface area contributed by atoms with Crippen LogP contribution in [0.15, 0.2) is 18.2 Å². The molecule has 0 spiro atoms. The van der Waals surface area contributed by atoms with Gasteiger partial charge in [0.2, 0.25) is 5.88 Å². The van der Waals surface area contributed by atoms with Crippen LogP contribution in [0.1, 0.15) is 24.3 Å². The molecule has 2 N–H and O–H groups in total. The maximum atomic E-state index is 14.9. The zero-order valence-electron chi connectivity index (χ0n) is 12.6. The molecule has 1 aliphatic rings. The molecule has 0 atom stereocenters. The third-order valence-corrected chi connectivity index (χ3v) is 4.40. The fraction of sp³-hybridized carbons (Fsp3) is 0.250. The van der Waals surface area contributed by atoms with E-state index >= 15 is 0 Å². The van der Waals surface area contributed by atoms with Gasteiger partial charge >= 0.3 is 6.16 Å². The Hall–Kier alpha value is -2.05. The average Bonchev–Trinajstić information content (AvgIpc) is 3.36. The summed E-state index contributed by atoms with van der Waals surface area (Å²) in [5.74, 6) is -0.586. The van der Waals surface area contributed by atoms with Crippen molar-refractivity contribution in [1.29, 1.82) is 0 Å². The lowest BCUT2D eigenvalue weighted by molar-refractivity contribution is 0.120. The number of benzene rings is 1. The van der Waals surface area contributed by atoms with E-state index in [0.717, 1.165) is 20.0 Å². The SMILES string of the molecule is COC(=O)Oc1nc(-c2ccc(Cl)c(C3CC3)c2F)cc(N)c1Cl. The molecule has 3 rings (SSSR count). The first-order valence-electron chi connectivity index (χ1n) is 7.12. The molecule has 1 saturated carbocycles. The minimum Gasteiger partial charge on any atom is -0.437 e. The maximum absolute atomic E-state index is 14.9. The van der Waals surface area contributed by atoms with E-state index < -0.39 is 12.0 Å². The lowest BCUT2D eigenvalue weighted by atomic mass is 10.0. The zero-order valence-corrected chi connectivity index (χ0v) is 14.1. The summed E-state index contributed by atoms with van der Waals surface area (Å²) < 4.78 is 24.1. The van der Waals surface area contributed by atoms with Crippen LogP contribution < -0.4 is 10.5 Å². The normalized spacial score (nSPS) is 13.7. The summed E-state index contributed by atoms with van der Waals surface area (Å²) in [5, 5.41) is 0.327. The van der Waals surface area contributed by atoms with Gasteiger partial charge in [-0.05, 0) is 37.0 Å². The summed E-state index contributed by atoms with van der Waals surface area (Å²) in [6.45, 7) is 0. The third-order valence-electron chi connectivity index (χ3n) is 3.69. The highest BCUT2D eigenvalue weighted by atomic mass is 35.5. The molecule has 2 aromatic rings. The molecule has 1 fully saturated rings. The number of nitrogens with zero attached hydrogens (tertiary/aromatic N) is 1. The lowest BCUT2D eigenvalue weighted by Crippen LogP contribution is -2.10. The Morgan fingerprint density at radius 3 is 2.71 bits per heavy atom. The summed E-state index contributed by atoms with van der Waals surface area (Å²) in [4.78, 5) is 15.4. The van der Waals surface area contributed by atoms with Crippen LogP contribution in [0.2, 0.25) is 10.0 Å². The largest absolute Gasteiger partial charge is 0.514 e. The van der Waals surface area contributed by atoms with Crippen LogP contribution in [-0.4, -0.2) is 18.2 Å². The van der Waals surface area contributed by atoms with Crippen LogP contribution in [-0.2, 0) is 4.74 Å². The first-order chi connectivity index (χ1) is 11.4. The Morgan fingerprint density at radius 2 is 2.08 bits per heavy atom. The van der Waals surface area contributed by atoms with Gasteiger partial charge in [0, 0.05) is 16.1 Å². The number of carbonyl (C=O) groups excluding carboxylic acids is 1. The topological polar surface area (TPSA) is 74.4 Å². The average molecular weight is 371 g/mol. The molecule has 1 aromatic heterocycles. The second kappa shape index (κ2) is 6.45. The predicted molar refractivity (Wildman–Crippen MR) is 89.1 cm³/mol. The molecule has 0 radical (unpaired) electrons. The quantitative estimate of drug-likeness (QED) is 0.785. The van der Waals surface area contributed by atoms with Gasteiger partial charge in [0.05, 0.1) is 18.5 Å². The van der Waals surface area contributed by atoms with E-state index in [4.69, 9.17) is 33.7 Å². The standard InChI is InChI=1S/C16H13Cl2FN2O3/c1-23-16(22)24-15-13(18)10(20)6-11(21-15)8-4-5-9(17)12(14(8)19)7-2-3-7/h4-7H,2-3H2,1H3,(H2,20,21). The van der Waals surface area contributed by atoms with Crippen LogP contribution in [0.5, 0.6) is 5.88 Å². The van der Waals surface area contributed by atoms with E-state index in [9.17, 15) is 9.18 Å². The van der Waals surface area contributed by atoms with E-state index in [1.165, 1.54) is 12.1 Å². The van der Waals surface area contributed by atoms with Crippen molar-refractivity contribution < 1.29 is 18.7 Å². The van der Waals surface area contributed by atoms with Crippen molar-refractivity contribution in [1.82, 2.24) is 4.98 Å². The summed E-state index contributed by atoms with van der Waals surface area (Å²) in [7, 11) is 1.14. The molecule has 1 aromatic carbocycles. The van der Waals surface area contributed by atoms with Crippen molar-refractivity contribution in [3.05, 3.63) is 39.6 Å². The number of hydrogen-bond donors (Lipinski definition) is 1. The number of methoxy groups -OCH3 is 1. The number of anilines is 1. The van der Waals surface area contributed by atoms with Crippen LogP contribution in [0.4, 0.5) is 14.9 Å². The number of ether oxygens (including phenoxy) is 2. The predicted octanol–water partition coefficient (Wildman–Crippen LogP) is 4.80. The monoisotopic (exact) mass is 370 g/mol. The van der Waals surface area contributed by atoms with E-state index in [0.29, 0.717) is 10.6 Å². The number of rotatable bonds is 3. The van der Waals surface area contributed by atoms with E-state index in [1.54, 1.807) is 6.07 Å². The molecule has 0 unspecified atom stereocenters. The van der Waals surface area contributed by atoms with Crippen LogP contribution >= 0.6 is 23.2 Å². The fourth-order valence-corrected chi connectivity index (χ4v) is 2.80. The molecular weight excluding hydrogens is 358 g/mol. The Bertz CT molecular complexity index is 825. The summed E-state index contributed by atoms with van der Waals surface area (Å²) in [6.07, 6.45) is 0.788. The Kier molecular flexibility index (Phi) is 4.51. The van der Waals surface area contributed by atoms with Gasteiger partial charge in [0.1, 0.15) is 10.8 Å². The number of hydrogen-bond acceptors (Lipinski definition) is 5. The van der Waals surface area contributed by atoms with Crippen molar-refractivity contribution in [3.63, 3.8) is 0 Å². The van der Waals surface area contributed by atoms with Crippen molar-refractivity contribution in [3.8, 4) is 17.1 Å². The molecular formula is C16H13Cl2FN2O3. The van der Waals surface area contributed by atoms with Gasteiger partial charge in [-0.2, -0.15) is 0 Å². The summed E-state index contributed by atoms with van der Waals surface area (Å²) in [5.41, 5.74) is 6.78. The number of nitrogens with two attached hydrogens (primary N) is 1. The number of halogens is 3. The van der Waals surface area contributed by atoms with Gasteiger partial charge < -0.3 is 15.2 Å². The van der Waals surface area contributed by atoms with Crippen molar-refractivity contribution >= 4 is 35.0 Å².